The maximum Gasteiger partial charge on any atom is 0.279 e. The highest BCUT2D eigenvalue weighted by Crippen LogP contribution is 2.20. The molecule has 25 heavy (non-hydrogen) atoms. The van der Waals surface area contributed by atoms with Crippen LogP contribution in [0.2, 0.25) is 0 Å². The Morgan fingerprint density at radius 3 is 2.80 bits per heavy atom. The topological polar surface area (TPSA) is 75.4 Å². The van der Waals surface area contributed by atoms with E-state index in [9.17, 15) is 12.8 Å². The molecule has 1 atom stereocenters. The van der Waals surface area contributed by atoms with Crippen molar-refractivity contribution in [2.75, 3.05) is 13.1 Å². The number of hydrogen-bond acceptors (Lipinski definition) is 4. The van der Waals surface area contributed by atoms with Crippen LogP contribution in [0.25, 0.3) is 11.5 Å². The number of oxazole rings is 1. The van der Waals surface area contributed by atoms with Crippen LogP contribution in [0, 0.1) is 5.82 Å². The molecule has 136 valence electrons. The van der Waals surface area contributed by atoms with Gasteiger partial charge >= 0.3 is 0 Å². The summed E-state index contributed by atoms with van der Waals surface area (Å²) in [7, 11) is -3.47. The molecule has 1 aromatic heterocycles. The Hall–Kier alpha value is -1.77. The molecule has 1 fully saturated rings. The molecule has 0 spiro atoms. The highest BCUT2D eigenvalue weighted by molar-refractivity contribution is 7.87. The van der Waals surface area contributed by atoms with Crippen molar-refractivity contribution in [2.24, 2.45) is 0 Å². The molecule has 1 aliphatic heterocycles. The van der Waals surface area contributed by atoms with Gasteiger partial charge in [0.2, 0.25) is 5.89 Å². The first kappa shape index (κ1) is 18.0. The van der Waals surface area contributed by atoms with E-state index in [1.165, 1.54) is 22.7 Å². The first-order valence-corrected chi connectivity index (χ1v) is 9.86. The molecule has 0 amide bonds. The number of hydrogen-bond donors (Lipinski definition) is 1. The highest BCUT2D eigenvalue weighted by Gasteiger charge is 2.28. The maximum atomic E-state index is 12.9. The average Bonchev–Trinajstić information content (AvgIpc) is 3.04. The van der Waals surface area contributed by atoms with Crippen molar-refractivity contribution >= 4 is 10.2 Å². The highest BCUT2D eigenvalue weighted by atomic mass is 32.2. The number of benzene rings is 1. The Bertz CT molecular complexity index is 805. The normalized spacial score (nSPS) is 19.2. The second-order valence-electron chi connectivity index (χ2n) is 6.26. The van der Waals surface area contributed by atoms with E-state index >= 15 is 0 Å². The number of nitrogens with one attached hydrogen (secondary N) is 1. The zero-order valence-electron chi connectivity index (χ0n) is 14.1. The van der Waals surface area contributed by atoms with Gasteiger partial charge in [-0.05, 0) is 44.0 Å². The number of aromatic nitrogens is 1. The fraction of sp³-hybridized carbons (Fsp3) is 0.471. The molecule has 2 heterocycles. The first-order chi connectivity index (χ1) is 12.0. The van der Waals surface area contributed by atoms with Crippen molar-refractivity contribution < 1.29 is 17.2 Å². The van der Waals surface area contributed by atoms with E-state index in [-0.39, 0.29) is 18.4 Å². The summed E-state index contributed by atoms with van der Waals surface area (Å²) < 4.78 is 47.3. The van der Waals surface area contributed by atoms with Crippen LogP contribution < -0.4 is 4.72 Å². The summed E-state index contributed by atoms with van der Waals surface area (Å²) in [5.41, 5.74) is 1.32. The van der Waals surface area contributed by atoms with E-state index in [4.69, 9.17) is 4.42 Å². The molecule has 1 unspecified atom stereocenters. The largest absolute Gasteiger partial charge is 0.444 e. The lowest BCUT2D eigenvalue weighted by Crippen LogP contribution is -2.48. The fourth-order valence-corrected chi connectivity index (χ4v) is 4.44. The third kappa shape index (κ3) is 4.45. The van der Waals surface area contributed by atoms with Gasteiger partial charge in [0.25, 0.3) is 10.2 Å². The van der Waals surface area contributed by atoms with E-state index in [1.54, 1.807) is 12.1 Å². The van der Waals surface area contributed by atoms with E-state index in [0.29, 0.717) is 30.1 Å². The molecule has 8 heteroatoms. The van der Waals surface area contributed by atoms with Crippen LogP contribution in [0.4, 0.5) is 4.39 Å². The molecule has 3 rings (SSSR count). The Labute approximate surface area is 147 Å². The minimum absolute atomic E-state index is 0.0309. The van der Waals surface area contributed by atoms with Crippen LogP contribution in [-0.2, 0) is 16.6 Å². The molecule has 0 radical (unpaired) electrons. The molecule has 1 aliphatic rings. The van der Waals surface area contributed by atoms with Gasteiger partial charge in [-0.15, -0.1) is 0 Å². The van der Waals surface area contributed by atoms with Gasteiger partial charge in [-0.3, -0.25) is 0 Å². The minimum Gasteiger partial charge on any atom is -0.444 e. The van der Waals surface area contributed by atoms with Crippen LogP contribution in [-0.4, -0.2) is 36.8 Å². The number of halogens is 1. The lowest BCUT2D eigenvalue weighted by molar-refractivity contribution is 0.265. The molecular formula is C17H22FN3O3S. The Kier molecular flexibility index (Phi) is 5.51. The standard InChI is InChI=1S/C17H22FN3O3S/c1-13-4-2-3-11-21(13)25(22,23)19-10-9-16-12-24-17(20-16)14-5-7-15(18)8-6-14/h5-8,12-13,19H,2-4,9-11H2,1H3. The third-order valence-corrected chi connectivity index (χ3v) is 6.09. The molecular weight excluding hydrogens is 345 g/mol. The van der Waals surface area contributed by atoms with Gasteiger partial charge in [-0.1, -0.05) is 6.42 Å². The van der Waals surface area contributed by atoms with Gasteiger partial charge in [0, 0.05) is 31.1 Å². The Balaban J connectivity index is 1.56. The van der Waals surface area contributed by atoms with Crippen LogP contribution >= 0.6 is 0 Å². The Morgan fingerprint density at radius 1 is 1.32 bits per heavy atom. The molecule has 2 aromatic rings. The Morgan fingerprint density at radius 2 is 2.08 bits per heavy atom. The summed E-state index contributed by atoms with van der Waals surface area (Å²) in [6.45, 7) is 2.75. The van der Waals surface area contributed by atoms with E-state index < -0.39 is 10.2 Å². The summed E-state index contributed by atoms with van der Waals surface area (Å²) in [6, 6.07) is 5.89. The van der Waals surface area contributed by atoms with Gasteiger partial charge in [-0.25, -0.2) is 14.1 Å². The minimum atomic E-state index is -3.47. The van der Waals surface area contributed by atoms with E-state index in [0.717, 1.165) is 19.3 Å². The smallest absolute Gasteiger partial charge is 0.279 e. The second kappa shape index (κ2) is 7.63. The number of nitrogens with zero attached hydrogens (tertiary/aromatic N) is 2. The summed E-state index contributed by atoms with van der Waals surface area (Å²) >= 11 is 0. The van der Waals surface area contributed by atoms with Gasteiger partial charge in [0.05, 0.1) is 5.69 Å². The van der Waals surface area contributed by atoms with Crippen molar-refractivity contribution in [3.63, 3.8) is 0 Å². The molecule has 1 saturated heterocycles. The molecule has 0 aliphatic carbocycles. The summed E-state index contributed by atoms with van der Waals surface area (Å²) in [4.78, 5) is 4.32. The predicted octanol–water partition coefficient (Wildman–Crippen LogP) is 2.73. The van der Waals surface area contributed by atoms with Crippen LogP contribution in [0.15, 0.2) is 34.9 Å². The van der Waals surface area contributed by atoms with E-state index in [2.05, 4.69) is 9.71 Å². The second-order valence-corrected chi connectivity index (χ2v) is 7.96. The molecule has 0 saturated carbocycles. The van der Waals surface area contributed by atoms with Gasteiger partial charge in [-0.2, -0.15) is 12.7 Å². The van der Waals surface area contributed by atoms with Gasteiger partial charge in [0.15, 0.2) is 0 Å². The van der Waals surface area contributed by atoms with Crippen LogP contribution in [0.1, 0.15) is 31.9 Å². The zero-order chi connectivity index (χ0) is 17.9. The third-order valence-electron chi connectivity index (χ3n) is 4.36. The molecule has 6 nitrogen and oxygen atoms in total. The zero-order valence-corrected chi connectivity index (χ0v) is 14.9. The van der Waals surface area contributed by atoms with Crippen LogP contribution in [0.5, 0.6) is 0 Å². The lowest BCUT2D eigenvalue weighted by Gasteiger charge is -2.32. The predicted molar refractivity (Wildman–Crippen MR) is 92.5 cm³/mol. The summed E-state index contributed by atoms with van der Waals surface area (Å²) in [5.74, 6) is 0.0689. The lowest BCUT2D eigenvalue weighted by atomic mass is 10.1. The SMILES string of the molecule is CC1CCCCN1S(=O)(=O)NCCc1coc(-c2ccc(F)cc2)n1. The van der Waals surface area contributed by atoms with Crippen molar-refractivity contribution in [1.29, 1.82) is 0 Å². The van der Waals surface area contributed by atoms with Crippen molar-refractivity contribution in [1.82, 2.24) is 14.0 Å². The quantitative estimate of drug-likeness (QED) is 0.852. The number of rotatable bonds is 6. The first-order valence-electron chi connectivity index (χ1n) is 8.42. The maximum absolute atomic E-state index is 12.9. The summed E-state index contributed by atoms with van der Waals surface area (Å²) in [5, 5.41) is 0. The van der Waals surface area contributed by atoms with Gasteiger partial charge < -0.3 is 4.42 Å². The molecule has 1 N–H and O–H groups in total. The van der Waals surface area contributed by atoms with E-state index in [1.807, 2.05) is 6.92 Å². The molecule has 1 aromatic carbocycles. The monoisotopic (exact) mass is 367 g/mol. The van der Waals surface area contributed by atoms with Crippen molar-refractivity contribution in [3.05, 3.63) is 42.0 Å². The van der Waals surface area contributed by atoms with Gasteiger partial charge in [0.1, 0.15) is 12.1 Å². The summed E-state index contributed by atoms with van der Waals surface area (Å²) in [6.07, 6.45) is 4.78. The van der Waals surface area contributed by atoms with Crippen molar-refractivity contribution in [3.8, 4) is 11.5 Å². The molecule has 0 bridgehead atoms. The number of piperidine rings is 1. The fourth-order valence-electron chi connectivity index (χ4n) is 2.97. The van der Waals surface area contributed by atoms with Crippen LogP contribution in [0.3, 0.4) is 0 Å². The van der Waals surface area contributed by atoms with Crippen molar-refractivity contribution in [2.45, 2.75) is 38.6 Å². The average molecular weight is 367 g/mol.